The Balaban J connectivity index is 1.98. The van der Waals surface area contributed by atoms with Crippen molar-refractivity contribution in [1.82, 2.24) is 9.66 Å². The predicted molar refractivity (Wildman–Crippen MR) is 94.5 cm³/mol. The van der Waals surface area contributed by atoms with Gasteiger partial charge in [0.2, 0.25) is 5.82 Å². The monoisotopic (exact) mass is 372 g/mol. The number of nitro benzene ring substituents is 1. The number of halogens is 3. The lowest BCUT2D eigenvalue weighted by atomic mass is 9.98. The van der Waals surface area contributed by atoms with Crippen molar-refractivity contribution in [3.63, 3.8) is 0 Å². The third-order valence-electron chi connectivity index (χ3n) is 4.34. The molecule has 0 radical (unpaired) electrons. The molecule has 0 aliphatic heterocycles. The number of benzene rings is 3. The summed E-state index contributed by atoms with van der Waals surface area (Å²) in [6.45, 7) is 0. The molecule has 0 spiro atoms. The average Bonchev–Trinajstić information content (AvgIpc) is 2.97. The molecule has 0 unspecified atom stereocenters. The molecule has 0 amide bonds. The molecule has 0 saturated carbocycles. The fraction of sp³-hybridized carbons (Fsp3) is 0.0556. The molecule has 0 fully saturated rings. The minimum atomic E-state index is -4.71. The molecular formula is C18H11F3N4O2. The summed E-state index contributed by atoms with van der Waals surface area (Å²) in [5.74, 6) is 4.26. The molecule has 0 atom stereocenters. The molecular weight excluding hydrogens is 361 g/mol. The lowest BCUT2D eigenvalue weighted by Crippen LogP contribution is -2.20. The SMILES string of the molecule is Nn1c(C(F)(F)F)nc2cc(-c3ccc4ccccc4c3[N+](=O)[O-])ccc21. The van der Waals surface area contributed by atoms with E-state index in [0.29, 0.717) is 26.6 Å². The normalized spacial score (nSPS) is 12.0. The summed E-state index contributed by atoms with van der Waals surface area (Å²) in [5.41, 5.74) is 0.641. The number of imidazole rings is 1. The number of aromatic nitrogens is 2. The Kier molecular flexibility index (Phi) is 3.55. The van der Waals surface area contributed by atoms with Crippen LogP contribution in [-0.4, -0.2) is 14.6 Å². The van der Waals surface area contributed by atoms with Gasteiger partial charge in [0, 0.05) is 0 Å². The van der Waals surface area contributed by atoms with E-state index >= 15 is 0 Å². The van der Waals surface area contributed by atoms with Crippen LogP contribution in [0.15, 0.2) is 54.6 Å². The van der Waals surface area contributed by atoms with E-state index in [-0.39, 0.29) is 16.7 Å². The Hall–Kier alpha value is -3.62. The lowest BCUT2D eigenvalue weighted by Gasteiger charge is -2.07. The Morgan fingerprint density at radius 2 is 1.81 bits per heavy atom. The van der Waals surface area contributed by atoms with E-state index in [1.165, 1.54) is 18.2 Å². The van der Waals surface area contributed by atoms with E-state index in [9.17, 15) is 23.3 Å². The zero-order valence-electron chi connectivity index (χ0n) is 13.6. The van der Waals surface area contributed by atoms with Gasteiger partial charge in [0.05, 0.1) is 26.9 Å². The Bertz CT molecular complexity index is 1210. The quantitative estimate of drug-likeness (QED) is 0.319. The maximum atomic E-state index is 13.0. The first kappa shape index (κ1) is 16.8. The van der Waals surface area contributed by atoms with Crippen molar-refractivity contribution in [2.75, 3.05) is 5.84 Å². The molecule has 1 aromatic heterocycles. The van der Waals surface area contributed by atoms with Crippen LogP contribution in [0.3, 0.4) is 0 Å². The van der Waals surface area contributed by atoms with E-state index in [1.807, 2.05) is 0 Å². The van der Waals surface area contributed by atoms with Crippen LogP contribution in [0.2, 0.25) is 0 Å². The highest BCUT2D eigenvalue weighted by Crippen LogP contribution is 2.38. The Morgan fingerprint density at radius 3 is 2.52 bits per heavy atom. The molecule has 0 bridgehead atoms. The molecule has 6 nitrogen and oxygen atoms in total. The van der Waals surface area contributed by atoms with Crippen LogP contribution in [0.4, 0.5) is 18.9 Å². The van der Waals surface area contributed by atoms with E-state index in [1.54, 1.807) is 36.4 Å². The van der Waals surface area contributed by atoms with Crippen molar-refractivity contribution in [2.24, 2.45) is 0 Å². The van der Waals surface area contributed by atoms with Gasteiger partial charge in [0.25, 0.3) is 5.69 Å². The van der Waals surface area contributed by atoms with Crippen molar-refractivity contribution >= 4 is 27.5 Å². The molecule has 136 valence electrons. The molecule has 3 aromatic carbocycles. The number of nitrogen functional groups attached to an aromatic ring is 1. The standard InChI is InChI=1S/C18H11F3N4O2/c19-18(20,21)17-23-14-9-11(6-8-15(14)24(17)22)13-7-5-10-3-1-2-4-12(10)16(13)25(26)27/h1-9H,22H2. The Morgan fingerprint density at radius 1 is 1.07 bits per heavy atom. The third-order valence-corrected chi connectivity index (χ3v) is 4.34. The predicted octanol–water partition coefficient (Wildman–Crippen LogP) is 4.50. The van der Waals surface area contributed by atoms with Crippen molar-refractivity contribution < 1.29 is 18.1 Å². The fourth-order valence-corrected chi connectivity index (χ4v) is 3.15. The Labute approximate surface area is 149 Å². The van der Waals surface area contributed by atoms with Crippen molar-refractivity contribution in [3.05, 3.63) is 70.5 Å². The number of hydrogen-bond acceptors (Lipinski definition) is 4. The number of alkyl halides is 3. The summed E-state index contributed by atoms with van der Waals surface area (Å²) >= 11 is 0. The first-order chi connectivity index (χ1) is 12.8. The summed E-state index contributed by atoms with van der Waals surface area (Å²) < 4.78 is 39.5. The lowest BCUT2D eigenvalue weighted by molar-refractivity contribution is -0.382. The first-order valence-electron chi connectivity index (χ1n) is 7.78. The minimum absolute atomic E-state index is 0.00443. The van der Waals surface area contributed by atoms with Gasteiger partial charge in [0.1, 0.15) is 0 Å². The van der Waals surface area contributed by atoms with Crippen molar-refractivity contribution in [2.45, 2.75) is 6.18 Å². The maximum absolute atomic E-state index is 13.0. The summed E-state index contributed by atoms with van der Waals surface area (Å²) in [5, 5.41) is 12.8. The highest BCUT2D eigenvalue weighted by atomic mass is 19.4. The second-order valence-corrected chi connectivity index (χ2v) is 5.95. The van der Waals surface area contributed by atoms with E-state index in [4.69, 9.17) is 5.84 Å². The van der Waals surface area contributed by atoms with Gasteiger partial charge in [-0.2, -0.15) is 13.2 Å². The maximum Gasteiger partial charge on any atom is 0.451 e. The number of hydrogen-bond donors (Lipinski definition) is 1. The van der Waals surface area contributed by atoms with Gasteiger partial charge in [-0.1, -0.05) is 30.3 Å². The second-order valence-electron chi connectivity index (χ2n) is 5.95. The fourth-order valence-electron chi connectivity index (χ4n) is 3.15. The zero-order valence-corrected chi connectivity index (χ0v) is 13.6. The van der Waals surface area contributed by atoms with Gasteiger partial charge >= 0.3 is 6.18 Å². The smallest absolute Gasteiger partial charge is 0.337 e. The largest absolute Gasteiger partial charge is 0.451 e. The average molecular weight is 372 g/mol. The van der Waals surface area contributed by atoms with E-state index < -0.39 is 16.9 Å². The van der Waals surface area contributed by atoms with Gasteiger partial charge in [-0.05, 0) is 35.2 Å². The van der Waals surface area contributed by atoms with E-state index in [2.05, 4.69) is 4.98 Å². The highest BCUT2D eigenvalue weighted by molar-refractivity contribution is 5.99. The van der Waals surface area contributed by atoms with Crippen molar-refractivity contribution in [1.29, 1.82) is 0 Å². The molecule has 27 heavy (non-hydrogen) atoms. The molecule has 0 aliphatic rings. The molecule has 0 saturated heterocycles. The van der Waals surface area contributed by atoms with Crippen molar-refractivity contribution in [3.8, 4) is 11.1 Å². The summed E-state index contributed by atoms with van der Waals surface area (Å²) in [6, 6.07) is 14.4. The van der Waals surface area contributed by atoms with Gasteiger partial charge in [-0.15, -0.1) is 0 Å². The van der Waals surface area contributed by atoms with Crippen LogP contribution in [0.1, 0.15) is 5.82 Å². The van der Waals surface area contributed by atoms with Crippen LogP contribution in [0, 0.1) is 10.1 Å². The summed E-state index contributed by atoms with van der Waals surface area (Å²) in [6.07, 6.45) is -4.71. The summed E-state index contributed by atoms with van der Waals surface area (Å²) in [7, 11) is 0. The minimum Gasteiger partial charge on any atom is -0.337 e. The van der Waals surface area contributed by atoms with Gasteiger partial charge < -0.3 is 5.84 Å². The van der Waals surface area contributed by atoms with E-state index in [0.717, 1.165) is 0 Å². The van der Waals surface area contributed by atoms with Crippen LogP contribution in [-0.2, 0) is 6.18 Å². The topological polar surface area (TPSA) is 87.0 Å². The molecule has 4 rings (SSSR count). The van der Waals surface area contributed by atoms with Crippen LogP contribution < -0.4 is 5.84 Å². The molecule has 0 aliphatic carbocycles. The van der Waals surface area contributed by atoms with Crippen LogP contribution in [0.5, 0.6) is 0 Å². The second kappa shape index (κ2) is 5.70. The number of nitrogens with two attached hydrogens (primary N) is 1. The molecule has 9 heteroatoms. The summed E-state index contributed by atoms with van der Waals surface area (Å²) in [4.78, 5) is 14.7. The zero-order chi connectivity index (χ0) is 19.3. The van der Waals surface area contributed by atoms with Gasteiger partial charge in [-0.3, -0.25) is 10.1 Å². The first-order valence-corrected chi connectivity index (χ1v) is 7.78. The van der Waals surface area contributed by atoms with Crippen LogP contribution in [0.25, 0.3) is 32.9 Å². The molecule has 1 heterocycles. The highest BCUT2D eigenvalue weighted by Gasteiger charge is 2.37. The van der Waals surface area contributed by atoms with Gasteiger partial charge in [0.15, 0.2) is 0 Å². The number of nitrogens with zero attached hydrogens (tertiary/aromatic N) is 3. The van der Waals surface area contributed by atoms with Gasteiger partial charge in [-0.25, -0.2) is 9.66 Å². The molecule has 2 N–H and O–H groups in total. The van der Waals surface area contributed by atoms with Crippen LogP contribution >= 0.6 is 0 Å². The number of nitro groups is 1. The molecule has 4 aromatic rings. The number of rotatable bonds is 2. The number of fused-ring (bicyclic) bond motifs is 2. The third kappa shape index (κ3) is 2.64.